The number of hydrogen-bond acceptors (Lipinski definition) is 7. The Labute approximate surface area is 239 Å². The van der Waals surface area contributed by atoms with Crippen LogP contribution in [0.3, 0.4) is 0 Å². The third-order valence-electron chi connectivity index (χ3n) is 8.34. The number of carbonyl (C=O) groups excluding carboxylic acids is 1. The summed E-state index contributed by atoms with van der Waals surface area (Å²) >= 11 is 0. The van der Waals surface area contributed by atoms with Crippen molar-refractivity contribution in [2.24, 2.45) is 0 Å². The smallest absolute Gasteiger partial charge is 0.322 e. The van der Waals surface area contributed by atoms with E-state index in [-0.39, 0.29) is 12.5 Å². The maximum absolute atomic E-state index is 13.1. The number of piperazine rings is 1. The van der Waals surface area contributed by atoms with Crippen LogP contribution in [0, 0.1) is 0 Å². The van der Waals surface area contributed by atoms with Crippen LogP contribution in [0.2, 0.25) is 0 Å². The molecule has 1 fully saturated rings. The minimum absolute atomic E-state index is 0.00378. The van der Waals surface area contributed by atoms with Crippen molar-refractivity contribution in [1.82, 2.24) is 19.8 Å². The molecule has 9 heteroatoms. The average molecular weight is 553 g/mol. The van der Waals surface area contributed by atoms with Gasteiger partial charge in [-0.15, -0.1) is 0 Å². The van der Waals surface area contributed by atoms with E-state index in [1.807, 2.05) is 47.4 Å². The van der Waals surface area contributed by atoms with Crippen LogP contribution < -0.4 is 11.1 Å². The molecule has 41 heavy (non-hydrogen) atoms. The fourth-order valence-electron chi connectivity index (χ4n) is 6.16. The number of carboxylic acids is 1. The highest BCUT2D eigenvalue weighted by Gasteiger charge is 2.34. The third kappa shape index (κ3) is 5.67. The van der Waals surface area contributed by atoms with E-state index in [4.69, 9.17) is 10.7 Å². The van der Waals surface area contributed by atoms with Crippen molar-refractivity contribution < 1.29 is 14.7 Å². The maximum Gasteiger partial charge on any atom is 0.322 e. The number of rotatable bonds is 8. The lowest BCUT2D eigenvalue weighted by molar-refractivity contribution is -0.149. The normalized spacial score (nSPS) is 17.5. The summed E-state index contributed by atoms with van der Waals surface area (Å²) in [5.74, 6) is -0.935. The highest BCUT2D eigenvalue weighted by Crippen LogP contribution is 2.33. The Morgan fingerprint density at radius 2 is 1.85 bits per heavy atom. The molecular weight excluding hydrogens is 516 g/mol. The van der Waals surface area contributed by atoms with Crippen LogP contribution in [0.25, 0.3) is 21.8 Å². The number of benzene rings is 2. The molecule has 4 aromatic rings. The monoisotopic (exact) mass is 552 g/mol. The van der Waals surface area contributed by atoms with Crippen LogP contribution in [0.1, 0.15) is 42.6 Å². The lowest BCUT2D eigenvalue weighted by atomic mass is 9.92. The number of carbonyl (C=O) groups is 2. The third-order valence-corrected chi connectivity index (χ3v) is 8.34. The summed E-state index contributed by atoms with van der Waals surface area (Å²) in [5, 5.41) is 15.7. The van der Waals surface area contributed by atoms with Crippen LogP contribution in [-0.2, 0) is 29.0 Å². The summed E-state index contributed by atoms with van der Waals surface area (Å²) in [4.78, 5) is 38.5. The Bertz CT molecular complexity index is 1610. The lowest BCUT2D eigenvalue weighted by Crippen LogP contribution is -2.57. The molecule has 1 aliphatic carbocycles. The molecule has 0 spiro atoms. The molecule has 2 aliphatic rings. The van der Waals surface area contributed by atoms with Gasteiger partial charge in [-0.3, -0.25) is 19.5 Å². The molecule has 0 radical (unpaired) electrons. The Kier molecular flexibility index (Phi) is 7.69. The maximum atomic E-state index is 13.1. The van der Waals surface area contributed by atoms with Crippen molar-refractivity contribution in [2.75, 3.05) is 37.2 Å². The zero-order valence-corrected chi connectivity index (χ0v) is 23.2. The SMILES string of the molecule is Nc1cccc2ccc(CN3CCN(C(=O)CCCNc4c5c(nc6ccccc46)CCCC5)CC3C(=O)O)nc12. The van der Waals surface area contributed by atoms with E-state index in [9.17, 15) is 14.7 Å². The van der Waals surface area contributed by atoms with Gasteiger partial charge < -0.3 is 21.1 Å². The van der Waals surface area contributed by atoms with Gasteiger partial charge in [0.05, 0.1) is 22.4 Å². The molecular formula is C32H36N6O3. The predicted octanol–water partition coefficient (Wildman–Crippen LogP) is 4.23. The Morgan fingerprint density at radius 1 is 1.00 bits per heavy atom. The van der Waals surface area contributed by atoms with E-state index in [0.29, 0.717) is 44.7 Å². The molecule has 1 aliphatic heterocycles. The van der Waals surface area contributed by atoms with Crippen molar-refractivity contribution in [1.29, 1.82) is 0 Å². The van der Waals surface area contributed by atoms with Gasteiger partial charge in [-0.05, 0) is 55.9 Å². The lowest BCUT2D eigenvalue weighted by Gasteiger charge is -2.39. The molecule has 6 rings (SSSR count). The van der Waals surface area contributed by atoms with Gasteiger partial charge in [-0.1, -0.05) is 36.4 Å². The first kappa shape index (κ1) is 27.0. The van der Waals surface area contributed by atoms with Gasteiger partial charge in [0, 0.05) is 61.3 Å². The summed E-state index contributed by atoms with van der Waals surface area (Å²) in [5.41, 5.74) is 12.8. The van der Waals surface area contributed by atoms with Gasteiger partial charge >= 0.3 is 5.97 Å². The van der Waals surface area contributed by atoms with Gasteiger partial charge in [0.25, 0.3) is 0 Å². The van der Waals surface area contributed by atoms with Crippen molar-refractivity contribution in [3.8, 4) is 0 Å². The molecule has 3 heterocycles. The number of nitrogens with zero attached hydrogens (tertiary/aromatic N) is 4. The zero-order chi connectivity index (χ0) is 28.3. The van der Waals surface area contributed by atoms with Crippen molar-refractivity contribution in [2.45, 2.75) is 51.1 Å². The number of para-hydroxylation sites is 2. The Balaban J connectivity index is 1.06. The van der Waals surface area contributed by atoms with E-state index in [1.54, 1.807) is 4.90 Å². The number of carboxylic acid groups (broad SMARTS) is 1. The molecule has 0 saturated carbocycles. The highest BCUT2D eigenvalue weighted by molar-refractivity contribution is 5.93. The summed E-state index contributed by atoms with van der Waals surface area (Å²) in [6.07, 6.45) is 5.42. The van der Waals surface area contributed by atoms with Crippen molar-refractivity contribution in [3.63, 3.8) is 0 Å². The number of nitrogen functional groups attached to an aromatic ring is 1. The van der Waals surface area contributed by atoms with Gasteiger partial charge in [-0.25, -0.2) is 4.98 Å². The summed E-state index contributed by atoms with van der Waals surface area (Å²) in [6, 6.07) is 17.0. The fraction of sp³-hybridized carbons (Fsp3) is 0.375. The zero-order valence-electron chi connectivity index (χ0n) is 23.2. The molecule has 1 saturated heterocycles. The van der Waals surface area contributed by atoms with E-state index in [0.717, 1.165) is 46.0 Å². The van der Waals surface area contributed by atoms with Crippen LogP contribution >= 0.6 is 0 Å². The number of nitrogens with two attached hydrogens (primary N) is 1. The summed E-state index contributed by atoms with van der Waals surface area (Å²) in [6.45, 7) is 2.19. The Morgan fingerprint density at radius 3 is 2.73 bits per heavy atom. The van der Waals surface area contributed by atoms with E-state index in [1.165, 1.54) is 24.1 Å². The quantitative estimate of drug-likeness (QED) is 0.219. The molecule has 2 aromatic carbocycles. The van der Waals surface area contributed by atoms with Gasteiger partial charge in [0.1, 0.15) is 6.04 Å². The highest BCUT2D eigenvalue weighted by atomic mass is 16.4. The molecule has 4 N–H and O–H groups in total. The molecule has 1 atom stereocenters. The molecule has 9 nitrogen and oxygen atoms in total. The standard InChI is InChI=1S/C32H36N6O3/c33-25-10-5-7-21-14-15-22(35-30(21)25)19-37-17-18-38(20-28(37)32(40)41)29(39)13-6-16-34-31-23-8-1-3-11-26(23)36-27-12-4-2-9-24(27)31/h1,3,5,7-8,10-11,14-15,28H,2,4,6,9,12-13,16-20,33H2,(H,34,36)(H,40,41). The second kappa shape index (κ2) is 11.7. The van der Waals surface area contributed by atoms with E-state index < -0.39 is 12.0 Å². The second-order valence-electron chi connectivity index (χ2n) is 11.1. The minimum Gasteiger partial charge on any atom is -0.480 e. The van der Waals surface area contributed by atoms with Crippen LogP contribution in [0.5, 0.6) is 0 Å². The molecule has 212 valence electrons. The number of aliphatic carboxylic acids is 1. The number of hydrogen-bond donors (Lipinski definition) is 3. The van der Waals surface area contributed by atoms with Gasteiger partial charge in [-0.2, -0.15) is 0 Å². The first-order valence-corrected chi connectivity index (χ1v) is 14.5. The van der Waals surface area contributed by atoms with Gasteiger partial charge in [0.15, 0.2) is 0 Å². The number of pyridine rings is 2. The first-order chi connectivity index (χ1) is 20.0. The minimum atomic E-state index is -0.932. The van der Waals surface area contributed by atoms with Gasteiger partial charge in [0.2, 0.25) is 5.91 Å². The number of fused-ring (bicyclic) bond motifs is 3. The molecule has 1 amide bonds. The molecule has 2 aromatic heterocycles. The molecule has 0 bridgehead atoms. The Hall–Kier alpha value is -4.24. The van der Waals surface area contributed by atoms with E-state index >= 15 is 0 Å². The summed E-state index contributed by atoms with van der Waals surface area (Å²) in [7, 11) is 0. The number of aromatic nitrogens is 2. The van der Waals surface area contributed by atoms with Crippen LogP contribution in [-0.4, -0.2) is 69.0 Å². The largest absolute Gasteiger partial charge is 0.480 e. The fourth-order valence-corrected chi connectivity index (χ4v) is 6.16. The topological polar surface area (TPSA) is 125 Å². The number of aryl methyl sites for hydroxylation is 1. The molecule has 1 unspecified atom stereocenters. The van der Waals surface area contributed by atoms with E-state index in [2.05, 4.69) is 22.4 Å². The van der Waals surface area contributed by atoms with Crippen molar-refractivity contribution >= 4 is 45.1 Å². The average Bonchev–Trinajstić information content (AvgIpc) is 2.99. The number of anilines is 2. The predicted molar refractivity (Wildman–Crippen MR) is 161 cm³/mol. The first-order valence-electron chi connectivity index (χ1n) is 14.5. The second-order valence-corrected chi connectivity index (χ2v) is 11.1. The summed E-state index contributed by atoms with van der Waals surface area (Å²) < 4.78 is 0. The van der Waals surface area contributed by atoms with Crippen LogP contribution in [0.4, 0.5) is 11.4 Å². The number of amides is 1. The number of nitrogens with one attached hydrogen (secondary N) is 1. The van der Waals surface area contributed by atoms with Crippen LogP contribution in [0.15, 0.2) is 54.6 Å². The van der Waals surface area contributed by atoms with Crippen molar-refractivity contribution in [3.05, 3.63) is 71.5 Å².